The number of methoxy groups -OCH3 is 1. The molecule has 1 N–H and O–H groups in total. The van der Waals surface area contributed by atoms with Gasteiger partial charge < -0.3 is 14.6 Å². The SMILES string of the molecule is COc1ccc(-c2noc(CNc3ccc(S(=O)(=O)N4CCCCCC4)cc3)n2)cc1. The summed E-state index contributed by atoms with van der Waals surface area (Å²) in [6.07, 6.45) is 4.01. The molecule has 0 saturated carbocycles. The van der Waals surface area contributed by atoms with Gasteiger partial charge in [0.2, 0.25) is 21.7 Å². The van der Waals surface area contributed by atoms with Crippen LogP contribution in [0.3, 0.4) is 0 Å². The van der Waals surface area contributed by atoms with E-state index >= 15 is 0 Å². The first-order valence-electron chi connectivity index (χ1n) is 10.4. The number of sulfonamides is 1. The number of hydrogen-bond donors (Lipinski definition) is 1. The first kappa shape index (κ1) is 21.3. The molecular formula is C22H26N4O4S. The molecule has 0 unspecified atom stereocenters. The number of nitrogens with zero attached hydrogens (tertiary/aromatic N) is 3. The predicted molar refractivity (Wildman–Crippen MR) is 117 cm³/mol. The van der Waals surface area contributed by atoms with Crippen LogP contribution >= 0.6 is 0 Å². The molecule has 0 radical (unpaired) electrons. The van der Waals surface area contributed by atoms with Crippen molar-refractivity contribution in [1.29, 1.82) is 0 Å². The molecule has 0 aliphatic carbocycles. The van der Waals surface area contributed by atoms with Crippen LogP contribution in [0.25, 0.3) is 11.4 Å². The van der Waals surface area contributed by atoms with Crippen LogP contribution in [0.15, 0.2) is 57.9 Å². The van der Waals surface area contributed by atoms with Gasteiger partial charge in [-0.05, 0) is 61.4 Å². The van der Waals surface area contributed by atoms with Gasteiger partial charge in [-0.15, -0.1) is 0 Å². The number of aromatic nitrogens is 2. The third-order valence-corrected chi connectivity index (χ3v) is 7.23. The summed E-state index contributed by atoms with van der Waals surface area (Å²) in [4.78, 5) is 4.71. The summed E-state index contributed by atoms with van der Waals surface area (Å²) >= 11 is 0. The lowest BCUT2D eigenvalue weighted by Gasteiger charge is -2.20. The smallest absolute Gasteiger partial charge is 0.246 e. The highest BCUT2D eigenvalue weighted by atomic mass is 32.2. The van der Waals surface area contributed by atoms with Crippen molar-refractivity contribution in [2.75, 3.05) is 25.5 Å². The number of rotatable bonds is 7. The summed E-state index contributed by atoms with van der Waals surface area (Å²) in [5, 5.41) is 7.20. The predicted octanol–water partition coefficient (Wildman–Crippen LogP) is 3.92. The molecule has 1 fully saturated rings. The number of benzene rings is 2. The van der Waals surface area contributed by atoms with Crippen LogP contribution in [0.5, 0.6) is 5.75 Å². The second-order valence-corrected chi connectivity index (χ2v) is 9.37. The van der Waals surface area contributed by atoms with E-state index in [4.69, 9.17) is 9.26 Å². The normalized spacial score (nSPS) is 15.4. The molecule has 1 saturated heterocycles. The van der Waals surface area contributed by atoms with Gasteiger partial charge in [-0.3, -0.25) is 0 Å². The fourth-order valence-electron chi connectivity index (χ4n) is 3.54. The van der Waals surface area contributed by atoms with Crippen molar-refractivity contribution in [2.24, 2.45) is 0 Å². The van der Waals surface area contributed by atoms with Crippen LogP contribution in [0.2, 0.25) is 0 Å². The van der Waals surface area contributed by atoms with Crippen LogP contribution in [0.4, 0.5) is 5.69 Å². The zero-order valence-electron chi connectivity index (χ0n) is 17.5. The zero-order chi connectivity index (χ0) is 21.7. The lowest BCUT2D eigenvalue weighted by molar-refractivity contribution is 0.384. The summed E-state index contributed by atoms with van der Waals surface area (Å²) in [5.41, 5.74) is 1.61. The van der Waals surface area contributed by atoms with E-state index in [1.54, 1.807) is 35.7 Å². The Kier molecular flexibility index (Phi) is 6.53. The van der Waals surface area contributed by atoms with Crippen molar-refractivity contribution in [3.8, 4) is 17.1 Å². The molecule has 2 heterocycles. The van der Waals surface area contributed by atoms with Crippen molar-refractivity contribution in [3.05, 3.63) is 54.4 Å². The Morgan fingerprint density at radius 2 is 1.68 bits per heavy atom. The third-order valence-electron chi connectivity index (χ3n) is 5.32. The minimum Gasteiger partial charge on any atom is -0.497 e. The van der Waals surface area contributed by atoms with E-state index in [0.29, 0.717) is 36.2 Å². The largest absolute Gasteiger partial charge is 0.497 e. The van der Waals surface area contributed by atoms with Crippen molar-refractivity contribution < 1.29 is 17.7 Å². The van der Waals surface area contributed by atoms with Crippen molar-refractivity contribution in [3.63, 3.8) is 0 Å². The molecule has 1 aliphatic rings. The van der Waals surface area contributed by atoms with Crippen LogP contribution < -0.4 is 10.1 Å². The van der Waals surface area contributed by atoms with E-state index in [2.05, 4.69) is 15.5 Å². The Hall–Kier alpha value is -2.91. The topological polar surface area (TPSA) is 97.6 Å². The Labute approximate surface area is 182 Å². The molecule has 0 amide bonds. The molecule has 31 heavy (non-hydrogen) atoms. The Morgan fingerprint density at radius 3 is 2.32 bits per heavy atom. The Bertz CT molecular complexity index is 1090. The second-order valence-electron chi connectivity index (χ2n) is 7.44. The Balaban J connectivity index is 1.38. The Morgan fingerprint density at radius 1 is 1.00 bits per heavy atom. The van der Waals surface area contributed by atoms with E-state index in [-0.39, 0.29) is 0 Å². The van der Waals surface area contributed by atoms with E-state index < -0.39 is 10.0 Å². The van der Waals surface area contributed by atoms with Crippen LogP contribution in [0.1, 0.15) is 31.6 Å². The van der Waals surface area contributed by atoms with Crippen molar-refractivity contribution in [2.45, 2.75) is 37.1 Å². The summed E-state index contributed by atoms with van der Waals surface area (Å²) in [6, 6.07) is 14.2. The van der Waals surface area contributed by atoms with Crippen LogP contribution in [0, 0.1) is 0 Å². The number of ether oxygens (including phenoxy) is 1. The highest BCUT2D eigenvalue weighted by molar-refractivity contribution is 7.89. The fraction of sp³-hybridized carbons (Fsp3) is 0.364. The van der Waals surface area contributed by atoms with E-state index in [9.17, 15) is 8.42 Å². The summed E-state index contributed by atoms with van der Waals surface area (Å²) in [6.45, 7) is 1.52. The molecular weight excluding hydrogens is 416 g/mol. The first-order valence-corrected chi connectivity index (χ1v) is 11.8. The van der Waals surface area contributed by atoms with Gasteiger partial charge in [0.15, 0.2) is 0 Å². The monoisotopic (exact) mass is 442 g/mol. The third kappa shape index (κ3) is 5.05. The highest BCUT2D eigenvalue weighted by Crippen LogP contribution is 2.23. The minimum atomic E-state index is -3.45. The molecule has 1 aromatic heterocycles. The minimum absolute atomic E-state index is 0.319. The molecule has 4 rings (SSSR count). The molecule has 8 nitrogen and oxygen atoms in total. The quantitative estimate of drug-likeness (QED) is 0.592. The molecule has 1 aliphatic heterocycles. The molecule has 3 aromatic rings. The molecule has 0 bridgehead atoms. The maximum absolute atomic E-state index is 12.9. The van der Waals surface area contributed by atoms with Crippen LogP contribution in [-0.2, 0) is 16.6 Å². The second kappa shape index (κ2) is 9.49. The summed E-state index contributed by atoms with van der Waals surface area (Å²) < 4.78 is 37.8. The molecule has 0 spiro atoms. The van der Waals surface area contributed by atoms with Crippen molar-refractivity contribution in [1.82, 2.24) is 14.4 Å². The summed E-state index contributed by atoms with van der Waals surface area (Å²) in [5.74, 6) is 1.70. The van der Waals surface area contributed by atoms with Gasteiger partial charge in [0.1, 0.15) is 5.75 Å². The molecule has 164 valence electrons. The maximum atomic E-state index is 12.9. The van der Waals surface area contributed by atoms with Gasteiger partial charge in [-0.1, -0.05) is 18.0 Å². The zero-order valence-corrected chi connectivity index (χ0v) is 18.3. The first-order chi connectivity index (χ1) is 15.1. The number of nitrogens with one attached hydrogen (secondary N) is 1. The lowest BCUT2D eigenvalue weighted by Crippen LogP contribution is -2.31. The van der Waals surface area contributed by atoms with Crippen LogP contribution in [-0.4, -0.2) is 43.1 Å². The van der Waals surface area contributed by atoms with E-state index in [1.165, 1.54) is 0 Å². The van der Waals surface area contributed by atoms with Crippen molar-refractivity contribution >= 4 is 15.7 Å². The van der Waals surface area contributed by atoms with Gasteiger partial charge in [0, 0.05) is 24.3 Å². The highest BCUT2D eigenvalue weighted by Gasteiger charge is 2.24. The molecule has 2 aromatic carbocycles. The average Bonchev–Trinajstić information content (AvgIpc) is 3.10. The molecule has 9 heteroatoms. The van der Waals surface area contributed by atoms with Gasteiger partial charge in [0.05, 0.1) is 18.6 Å². The standard InChI is InChI=1S/C22H26N4O4S/c1-29-19-10-6-17(7-11-19)22-24-21(30-25-22)16-23-18-8-12-20(13-9-18)31(27,28)26-14-4-2-3-5-15-26/h6-13,23H,2-5,14-16H2,1H3. The lowest BCUT2D eigenvalue weighted by atomic mass is 10.2. The average molecular weight is 443 g/mol. The van der Waals surface area contributed by atoms with Gasteiger partial charge >= 0.3 is 0 Å². The van der Waals surface area contributed by atoms with E-state index in [1.807, 2.05) is 24.3 Å². The summed E-state index contributed by atoms with van der Waals surface area (Å²) in [7, 11) is -1.83. The fourth-order valence-corrected chi connectivity index (χ4v) is 5.05. The van der Waals surface area contributed by atoms with Gasteiger partial charge in [0.25, 0.3) is 0 Å². The van der Waals surface area contributed by atoms with Gasteiger partial charge in [-0.25, -0.2) is 8.42 Å². The van der Waals surface area contributed by atoms with Gasteiger partial charge in [-0.2, -0.15) is 9.29 Å². The number of anilines is 1. The number of hydrogen-bond acceptors (Lipinski definition) is 7. The molecule has 0 atom stereocenters. The van der Waals surface area contributed by atoms with E-state index in [0.717, 1.165) is 42.7 Å². The maximum Gasteiger partial charge on any atom is 0.246 e.